The van der Waals surface area contributed by atoms with Crippen LogP contribution in [0.5, 0.6) is 0 Å². The maximum atomic E-state index is 12.5. The summed E-state index contributed by atoms with van der Waals surface area (Å²) < 4.78 is 0. The predicted octanol–water partition coefficient (Wildman–Crippen LogP) is 0.887. The normalized spacial score (nSPS) is 16.8. The lowest BCUT2D eigenvalue weighted by Gasteiger charge is -2.19. The fourth-order valence-corrected chi connectivity index (χ4v) is 5.02. The lowest BCUT2D eigenvalue weighted by atomic mass is 9.93. The second-order valence-electron chi connectivity index (χ2n) is 6.09. The molecule has 5 heteroatoms. The molecule has 1 fully saturated rings. The molecule has 1 atom stereocenters. The van der Waals surface area contributed by atoms with E-state index in [0.717, 1.165) is 40.9 Å². The van der Waals surface area contributed by atoms with Gasteiger partial charge in [-0.3, -0.25) is 0 Å². The number of carboxylic acids is 1. The number of carbonyl (C=O) groups is 2. The molecule has 0 aromatic heterocycles. The zero-order valence-corrected chi connectivity index (χ0v) is 14.3. The van der Waals surface area contributed by atoms with Gasteiger partial charge in [-0.05, 0) is 22.8 Å². The Morgan fingerprint density at radius 1 is 1.08 bits per heavy atom. The quantitative estimate of drug-likeness (QED) is 0.819. The van der Waals surface area contributed by atoms with E-state index in [1.54, 1.807) is 0 Å². The van der Waals surface area contributed by atoms with Crippen LogP contribution in [-0.4, -0.2) is 35.7 Å². The van der Waals surface area contributed by atoms with Gasteiger partial charge in [0.25, 0.3) is 0 Å². The summed E-state index contributed by atoms with van der Waals surface area (Å²) in [5, 5.41) is 17.0. The molecule has 1 saturated heterocycles. The molecule has 1 aliphatic rings. The average molecular weight is 343 g/mol. The van der Waals surface area contributed by atoms with E-state index >= 15 is 0 Å². The van der Waals surface area contributed by atoms with Crippen molar-refractivity contribution >= 4 is 32.8 Å². The minimum absolute atomic E-state index is 0.0780. The molecule has 0 bridgehead atoms. The van der Waals surface area contributed by atoms with Gasteiger partial charge in [0.1, 0.15) is 11.5 Å². The van der Waals surface area contributed by atoms with E-state index in [4.69, 9.17) is 0 Å². The largest absolute Gasteiger partial charge is 0.550 e. The van der Waals surface area contributed by atoms with Gasteiger partial charge >= 0.3 is 5.12 Å². The Hall–Kier alpha value is -1.85. The van der Waals surface area contributed by atoms with Gasteiger partial charge in [0.2, 0.25) is 0 Å². The Morgan fingerprint density at radius 3 is 2.54 bits per heavy atom. The van der Waals surface area contributed by atoms with Gasteiger partial charge in [-0.2, -0.15) is 0 Å². The predicted molar refractivity (Wildman–Crippen MR) is 95.7 cm³/mol. The standard InChI is InChI=1S/C19H21NO3S/c21-18(24-10-8-20-9-11-24)13-16(19(22)23)12-15-6-3-5-14-4-1-2-7-17(14)15/h1-7,16,20H,8-13H2. The minimum atomic E-state index is -1.13. The summed E-state index contributed by atoms with van der Waals surface area (Å²) in [5.74, 6) is -0.236. The third-order valence-corrected chi connectivity index (χ3v) is 6.67. The average Bonchev–Trinajstić information content (AvgIpc) is 2.62. The van der Waals surface area contributed by atoms with Crippen molar-refractivity contribution in [3.8, 4) is 0 Å². The summed E-state index contributed by atoms with van der Waals surface area (Å²) >= 11 is 0. The molecule has 0 radical (unpaired) electrons. The molecule has 1 N–H and O–H groups in total. The van der Waals surface area contributed by atoms with E-state index in [-0.39, 0.29) is 22.4 Å². The van der Waals surface area contributed by atoms with Crippen LogP contribution in [0, 0.1) is 5.92 Å². The first-order valence-corrected chi connectivity index (χ1v) is 9.80. The van der Waals surface area contributed by atoms with Crippen LogP contribution in [0.25, 0.3) is 10.8 Å². The summed E-state index contributed by atoms with van der Waals surface area (Å²) in [6, 6.07) is 13.8. The summed E-state index contributed by atoms with van der Waals surface area (Å²) in [4.78, 5) is 24.0. The van der Waals surface area contributed by atoms with E-state index in [1.165, 1.54) is 0 Å². The number of rotatable bonds is 5. The molecule has 0 spiro atoms. The van der Waals surface area contributed by atoms with Crippen molar-refractivity contribution in [1.29, 1.82) is 0 Å². The van der Waals surface area contributed by atoms with Crippen LogP contribution in [0.4, 0.5) is 0 Å². The van der Waals surface area contributed by atoms with Crippen molar-refractivity contribution < 1.29 is 14.7 Å². The highest BCUT2D eigenvalue weighted by Crippen LogP contribution is 2.23. The fourth-order valence-electron chi connectivity index (χ4n) is 3.14. The van der Waals surface area contributed by atoms with Crippen LogP contribution in [0.1, 0.15) is 12.0 Å². The molecule has 4 nitrogen and oxygen atoms in total. The van der Waals surface area contributed by atoms with Crippen LogP contribution >= 0.6 is 0 Å². The van der Waals surface area contributed by atoms with Crippen LogP contribution in [0.2, 0.25) is 0 Å². The molecule has 126 valence electrons. The van der Waals surface area contributed by atoms with Crippen molar-refractivity contribution in [3.05, 3.63) is 48.0 Å². The molecule has 0 aliphatic carbocycles. The highest BCUT2D eigenvalue weighted by atomic mass is 32.2. The van der Waals surface area contributed by atoms with Crippen molar-refractivity contribution in [1.82, 2.24) is 5.32 Å². The van der Waals surface area contributed by atoms with E-state index in [9.17, 15) is 14.7 Å². The number of hydrogen-bond acceptors (Lipinski definition) is 4. The zero-order chi connectivity index (χ0) is 16.9. The molecule has 1 aliphatic heterocycles. The molecule has 24 heavy (non-hydrogen) atoms. The molecule has 0 saturated carbocycles. The summed E-state index contributed by atoms with van der Waals surface area (Å²) in [5.41, 5.74) is 0.962. The van der Waals surface area contributed by atoms with E-state index in [1.807, 2.05) is 42.5 Å². The van der Waals surface area contributed by atoms with Gasteiger partial charge < -0.3 is 15.2 Å². The Morgan fingerprint density at radius 2 is 1.79 bits per heavy atom. The fraction of sp³-hybridized carbons (Fsp3) is 0.368. The monoisotopic (exact) mass is 343 g/mol. The SMILES string of the molecule is O=C([O-])C(CC(=O)[S+]1CCNCC1)Cc1cccc2ccccc12. The number of carboxylic acid groups (broad SMARTS) is 1. The van der Waals surface area contributed by atoms with Crippen molar-refractivity contribution in [2.45, 2.75) is 12.8 Å². The first-order valence-electron chi connectivity index (χ1n) is 8.23. The molecule has 0 amide bonds. The number of benzene rings is 2. The van der Waals surface area contributed by atoms with Crippen LogP contribution < -0.4 is 10.4 Å². The Balaban J connectivity index is 1.76. The topological polar surface area (TPSA) is 69.2 Å². The Kier molecular flexibility index (Phi) is 5.53. The second-order valence-corrected chi connectivity index (χ2v) is 8.34. The third kappa shape index (κ3) is 3.97. The Labute approximate surface area is 144 Å². The van der Waals surface area contributed by atoms with Crippen LogP contribution in [0.15, 0.2) is 42.5 Å². The van der Waals surface area contributed by atoms with Crippen molar-refractivity contribution in [3.63, 3.8) is 0 Å². The molecular weight excluding hydrogens is 322 g/mol. The Bertz CT molecular complexity index is 735. The molecule has 3 rings (SSSR count). The number of aliphatic carboxylic acids is 1. The van der Waals surface area contributed by atoms with Gasteiger partial charge in [0.15, 0.2) is 0 Å². The summed E-state index contributed by atoms with van der Waals surface area (Å²) in [6.07, 6.45) is 0.416. The molecule has 2 aromatic rings. The second kappa shape index (κ2) is 7.81. The first kappa shape index (κ1) is 17.0. The number of nitrogens with one attached hydrogen (secondary N) is 1. The molecule has 2 aromatic carbocycles. The highest BCUT2D eigenvalue weighted by molar-refractivity contribution is 8.10. The highest BCUT2D eigenvalue weighted by Gasteiger charge is 2.33. The molecule has 1 heterocycles. The van der Waals surface area contributed by atoms with Gasteiger partial charge in [-0.15, -0.1) is 0 Å². The van der Waals surface area contributed by atoms with Gasteiger partial charge in [0, 0.05) is 25.0 Å². The van der Waals surface area contributed by atoms with E-state index in [2.05, 4.69) is 5.32 Å². The maximum Gasteiger partial charge on any atom is 0.331 e. The van der Waals surface area contributed by atoms with Gasteiger partial charge in [-0.1, -0.05) is 42.5 Å². The minimum Gasteiger partial charge on any atom is -0.550 e. The number of carbonyl (C=O) groups excluding carboxylic acids is 2. The number of fused-ring (bicyclic) bond motifs is 1. The summed E-state index contributed by atoms with van der Waals surface area (Å²) in [6.45, 7) is 1.68. The van der Waals surface area contributed by atoms with Crippen molar-refractivity contribution in [2.24, 2.45) is 5.92 Å². The van der Waals surface area contributed by atoms with Gasteiger partial charge in [0.05, 0.1) is 17.3 Å². The molecular formula is C19H21NO3S. The van der Waals surface area contributed by atoms with E-state index in [0.29, 0.717) is 6.42 Å². The zero-order valence-electron chi connectivity index (χ0n) is 13.5. The maximum absolute atomic E-state index is 12.5. The lowest BCUT2D eigenvalue weighted by molar-refractivity contribution is -0.311. The number of hydrogen-bond donors (Lipinski definition) is 1. The smallest absolute Gasteiger partial charge is 0.331 e. The third-order valence-electron chi connectivity index (χ3n) is 4.47. The summed E-state index contributed by atoms with van der Waals surface area (Å²) in [7, 11) is -0.304. The lowest BCUT2D eigenvalue weighted by Crippen LogP contribution is -2.42. The van der Waals surface area contributed by atoms with E-state index < -0.39 is 11.9 Å². The first-order chi connectivity index (χ1) is 11.6. The van der Waals surface area contributed by atoms with Gasteiger partial charge in [-0.25, -0.2) is 4.79 Å². The van der Waals surface area contributed by atoms with Crippen LogP contribution in [-0.2, 0) is 26.9 Å². The van der Waals surface area contributed by atoms with Crippen molar-refractivity contribution in [2.75, 3.05) is 24.6 Å². The molecule has 1 unspecified atom stereocenters. The van der Waals surface area contributed by atoms with Crippen LogP contribution in [0.3, 0.4) is 0 Å².